The summed E-state index contributed by atoms with van der Waals surface area (Å²) in [5.41, 5.74) is -0.0469. The first kappa shape index (κ1) is 8.05. The highest BCUT2D eigenvalue weighted by Gasteiger charge is 2.51. The Kier molecular flexibility index (Phi) is 1.83. The zero-order valence-corrected chi connectivity index (χ0v) is 7.52. The molecule has 1 aliphatic heterocycles. The maximum Gasteiger partial charge on any atom is 0.227 e. The van der Waals surface area contributed by atoms with E-state index in [9.17, 15) is 4.79 Å². The van der Waals surface area contributed by atoms with Gasteiger partial charge in [-0.3, -0.25) is 4.79 Å². The normalized spacial score (nSPS) is 39.6. The Bertz CT molecular complexity index is 193. The highest BCUT2D eigenvalue weighted by molar-refractivity contribution is 5.83. The number of carbonyl (C=O) groups is 1. The van der Waals surface area contributed by atoms with Gasteiger partial charge in [-0.05, 0) is 25.3 Å². The van der Waals surface area contributed by atoms with Crippen molar-refractivity contribution >= 4 is 5.91 Å². The molecule has 2 fully saturated rings. The summed E-state index contributed by atoms with van der Waals surface area (Å²) in [6.07, 6.45) is 3.52. The Balaban J connectivity index is 2.21. The molecule has 0 aromatic heterocycles. The number of amides is 1. The lowest BCUT2D eigenvalue weighted by Crippen LogP contribution is -2.42. The Labute approximate surface area is 72.9 Å². The van der Waals surface area contributed by atoms with E-state index in [2.05, 4.69) is 10.6 Å². The molecular weight excluding hydrogens is 152 g/mol. The van der Waals surface area contributed by atoms with Crippen LogP contribution in [-0.4, -0.2) is 26.0 Å². The smallest absolute Gasteiger partial charge is 0.227 e. The van der Waals surface area contributed by atoms with Gasteiger partial charge in [0.25, 0.3) is 0 Å². The molecule has 1 saturated heterocycles. The van der Waals surface area contributed by atoms with Crippen LogP contribution in [0.3, 0.4) is 0 Å². The second kappa shape index (κ2) is 2.73. The minimum absolute atomic E-state index is 0.0469. The van der Waals surface area contributed by atoms with E-state index in [4.69, 9.17) is 0 Å². The molecule has 2 aliphatic rings. The standard InChI is InChI=1S/C9H16N2O/c1-10-8(12)9-4-2-3-7(9)5-11-6-9/h7,11H,2-6H2,1H3,(H,10,12)/t7-,9-/m0/s1. The van der Waals surface area contributed by atoms with E-state index in [-0.39, 0.29) is 11.3 Å². The first-order chi connectivity index (χ1) is 5.79. The lowest BCUT2D eigenvalue weighted by atomic mass is 9.80. The molecular formula is C9H16N2O. The van der Waals surface area contributed by atoms with Crippen molar-refractivity contribution in [3.05, 3.63) is 0 Å². The van der Waals surface area contributed by atoms with E-state index >= 15 is 0 Å². The number of nitrogens with one attached hydrogen (secondary N) is 2. The van der Waals surface area contributed by atoms with Gasteiger partial charge in [0.05, 0.1) is 5.41 Å². The van der Waals surface area contributed by atoms with Gasteiger partial charge < -0.3 is 10.6 Å². The fourth-order valence-corrected chi connectivity index (χ4v) is 2.77. The summed E-state index contributed by atoms with van der Waals surface area (Å²) in [5, 5.41) is 6.11. The fourth-order valence-electron chi connectivity index (χ4n) is 2.77. The molecule has 1 amide bonds. The van der Waals surface area contributed by atoms with Crippen LogP contribution in [0.5, 0.6) is 0 Å². The average molecular weight is 168 g/mol. The number of hydrogen-bond acceptors (Lipinski definition) is 2. The van der Waals surface area contributed by atoms with Crippen molar-refractivity contribution in [3.63, 3.8) is 0 Å². The van der Waals surface area contributed by atoms with Crippen molar-refractivity contribution in [1.29, 1.82) is 0 Å². The summed E-state index contributed by atoms with van der Waals surface area (Å²) >= 11 is 0. The van der Waals surface area contributed by atoms with Crippen molar-refractivity contribution in [3.8, 4) is 0 Å². The van der Waals surface area contributed by atoms with Crippen LogP contribution in [0.4, 0.5) is 0 Å². The minimum Gasteiger partial charge on any atom is -0.359 e. The van der Waals surface area contributed by atoms with Gasteiger partial charge in [-0.1, -0.05) is 6.42 Å². The topological polar surface area (TPSA) is 41.1 Å². The van der Waals surface area contributed by atoms with Gasteiger partial charge in [0.1, 0.15) is 0 Å². The molecule has 68 valence electrons. The Hall–Kier alpha value is -0.570. The van der Waals surface area contributed by atoms with Crippen LogP contribution >= 0.6 is 0 Å². The van der Waals surface area contributed by atoms with E-state index < -0.39 is 0 Å². The van der Waals surface area contributed by atoms with Crippen LogP contribution in [-0.2, 0) is 4.79 Å². The molecule has 1 heterocycles. The van der Waals surface area contributed by atoms with Gasteiger partial charge >= 0.3 is 0 Å². The predicted molar refractivity (Wildman–Crippen MR) is 46.7 cm³/mol. The molecule has 2 N–H and O–H groups in total. The molecule has 3 heteroatoms. The van der Waals surface area contributed by atoms with Gasteiger partial charge in [-0.15, -0.1) is 0 Å². The van der Waals surface area contributed by atoms with Crippen molar-refractivity contribution < 1.29 is 4.79 Å². The van der Waals surface area contributed by atoms with Gasteiger partial charge in [-0.25, -0.2) is 0 Å². The lowest BCUT2D eigenvalue weighted by Gasteiger charge is -2.25. The first-order valence-electron chi connectivity index (χ1n) is 4.72. The molecule has 0 radical (unpaired) electrons. The van der Waals surface area contributed by atoms with Crippen LogP contribution in [0.2, 0.25) is 0 Å². The van der Waals surface area contributed by atoms with Crippen molar-refractivity contribution in [2.75, 3.05) is 20.1 Å². The Morgan fingerprint density at radius 3 is 3.25 bits per heavy atom. The Morgan fingerprint density at radius 1 is 1.67 bits per heavy atom. The highest BCUT2D eigenvalue weighted by atomic mass is 16.2. The molecule has 1 aliphatic carbocycles. The van der Waals surface area contributed by atoms with Crippen molar-refractivity contribution in [2.45, 2.75) is 19.3 Å². The summed E-state index contributed by atoms with van der Waals surface area (Å²) in [4.78, 5) is 11.7. The molecule has 0 spiro atoms. The maximum atomic E-state index is 11.7. The third kappa shape index (κ3) is 0.891. The number of fused-ring (bicyclic) bond motifs is 1. The summed E-state index contributed by atoms with van der Waals surface area (Å²) < 4.78 is 0. The van der Waals surface area contributed by atoms with Crippen LogP contribution in [0, 0.1) is 11.3 Å². The van der Waals surface area contributed by atoms with E-state index in [0.717, 1.165) is 19.5 Å². The molecule has 0 bridgehead atoms. The van der Waals surface area contributed by atoms with Gasteiger partial charge in [0.15, 0.2) is 0 Å². The number of carbonyl (C=O) groups excluding carboxylic acids is 1. The van der Waals surface area contributed by atoms with Gasteiger partial charge in [0, 0.05) is 13.6 Å². The zero-order chi connectivity index (χ0) is 8.60. The van der Waals surface area contributed by atoms with Crippen LogP contribution < -0.4 is 10.6 Å². The van der Waals surface area contributed by atoms with Gasteiger partial charge in [0.2, 0.25) is 5.91 Å². The number of rotatable bonds is 1. The highest BCUT2D eigenvalue weighted by Crippen LogP contribution is 2.45. The summed E-state index contributed by atoms with van der Waals surface area (Å²) in [6, 6.07) is 0. The second-order valence-corrected chi connectivity index (χ2v) is 3.96. The molecule has 0 unspecified atom stereocenters. The summed E-state index contributed by atoms with van der Waals surface area (Å²) in [7, 11) is 1.74. The molecule has 0 aromatic rings. The summed E-state index contributed by atoms with van der Waals surface area (Å²) in [5.74, 6) is 0.840. The third-order valence-corrected chi connectivity index (χ3v) is 3.47. The third-order valence-electron chi connectivity index (χ3n) is 3.47. The summed E-state index contributed by atoms with van der Waals surface area (Å²) in [6.45, 7) is 1.92. The lowest BCUT2D eigenvalue weighted by molar-refractivity contribution is -0.130. The monoisotopic (exact) mass is 168 g/mol. The second-order valence-electron chi connectivity index (χ2n) is 3.96. The molecule has 0 aromatic carbocycles. The molecule has 1 saturated carbocycles. The maximum absolute atomic E-state index is 11.7. The quantitative estimate of drug-likeness (QED) is 0.584. The molecule has 2 rings (SSSR count). The van der Waals surface area contributed by atoms with Gasteiger partial charge in [-0.2, -0.15) is 0 Å². The molecule has 12 heavy (non-hydrogen) atoms. The predicted octanol–water partition coefficient (Wildman–Crippen LogP) is 0.122. The number of hydrogen-bond donors (Lipinski definition) is 2. The SMILES string of the molecule is CNC(=O)[C@]12CCC[C@H]1CNC2. The largest absolute Gasteiger partial charge is 0.359 e. The van der Waals surface area contributed by atoms with Crippen LogP contribution in [0.25, 0.3) is 0 Å². The van der Waals surface area contributed by atoms with Crippen molar-refractivity contribution in [2.24, 2.45) is 11.3 Å². The minimum atomic E-state index is -0.0469. The molecule has 2 atom stereocenters. The van der Waals surface area contributed by atoms with Crippen LogP contribution in [0.1, 0.15) is 19.3 Å². The van der Waals surface area contributed by atoms with E-state index in [1.807, 2.05) is 0 Å². The van der Waals surface area contributed by atoms with E-state index in [1.165, 1.54) is 12.8 Å². The average Bonchev–Trinajstić information content (AvgIpc) is 2.60. The van der Waals surface area contributed by atoms with Crippen molar-refractivity contribution in [1.82, 2.24) is 10.6 Å². The fraction of sp³-hybridized carbons (Fsp3) is 0.889. The zero-order valence-electron chi connectivity index (χ0n) is 7.52. The first-order valence-corrected chi connectivity index (χ1v) is 4.72. The van der Waals surface area contributed by atoms with Crippen LogP contribution in [0.15, 0.2) is 0 Å². The Morgan fingerprint density at radius 2 is 2.50 bits per heavy atom. The van der Waals surface area contributed by atoms with E-state index in [0.29, 0.717) is 5.92 Å². The van der Waals surface area contributed by atoms with E-state index in [1.54, 1.807) is 7.05 Å². The molecule has 3 nitrogen and oxygen atoms in total.